The Morgan fingerprint density at radius 1 is 1.17 bits per heavy atom. The summed E-state index contributed by atoms with van der Waals surface area (Å²) in [5.74, 6) is 0. The molecule has 0 aromatic heterocycles. The Morgan fingerprint density at radius 3 is 2.21 bits per heavy atom. The van der Waals surface area contributed by atoms with E-state index >= 15 is 0 Å². The summed E-state index contributed by atoms with van der Waals surface area (Å²) in [6, 6.07) is 2.25. The monoisotopic (exact) mass is 549 g/mol. The van der Waals surface area contributed by atoms with Gasteiger partial charge in [0.15, 0.2) is 0 Å². The van der Waals surface area contributed by atoms with Crippen molar-refractivity contribution in [3.8, 4) is 0 Å². The predicted octanol–water partition coefficient (Wildman–Crippen LogP) is 6.45. The minimum absolute atomic E-state index is 1.07. The Kier molecular flexibility index (Phi) is 8.15. The fraction of sp³-hybridized carbons (Fsp3) is 0.684. The molecule has 5 heteroatoms. The van der Waals surface area contributed by atoms with Crippen molar-refractivity contribution in [1.29, 1.82) is 0 Å². The van der Waals surface area contributed by atoms with Crippen LogP contribution >= 0.6 is 0 Å². The molecule has 1 aliphatic rings. The zero-order valence-corrected chi connectivity index (χ0v) is 21.3. The van der Waals surface area contributed by atoms with Gasteiger partial charge in [-0.3, -0.25) is 0 Å². The molecular weight excluding hydrogens is 511 g/mol. The first-order valence-electron chi connectivity index (χ1n) is 8.51. The molecule has 0 aromatic rings. The molecule has 0 amide bonds. The molecule has 0 N–H and O–H groups in total. The summed E-state index contributed by atoms with van der Waals surface area (Å²) >= 11 is -1.73. The van der Waals surface area contributed by atoms with Crippen molar-refractivity contribution in [3.05, 3.63) is 33.5 Å². The van der Waals surface area contributed by atoms with Gasteiger partial charge in [-0.15, -0.1) is 0 Å². The molecule has 0 spiro atoms. The van der Waals surface area contributed by atoms with Crippen LogP contribution in [0.15, 0.2) is 33.5 Å². The van der Waals surface area contributed by atoms with E-state index in [1.54, 1.807) is 25.0 Å². The molecule has 0 radical (unpaired) electrons. The van der Waals surface area contributed by atoms with Crippen molar-refractivity contribution in [1.82, 2.24) is 0 Å². The third-order valence-electron chi connectivity index (χ3n) is 4.94. The van der Waals surface area contributed by atoms with Crippen LogP contribution in [-0.4, -0.2) is 30.9 Å². The first-order chi connectivity index (χ1) is 11.0. The molecule has 0 aromatic carbocycles. The number of allylic oxidation sites excluding steroid dienone is 5. The second-order valence-corrected chi connectivity index (χ2v) is 27.7. The second kappa shape index (κ2) is 8.77. The molecule has 0 heterocycles. The topological polar surface area (TPSA) is 18.5 Å². The van der Waals surface area contributed by atoms with E-state index in [1.807, 2.05) is 3.96 Å². The van der Waals surface area contributed by atoms with Crippen LogP contribution in [0.25, 0.3) is 0 Å². The molecular formula is C19H38O2PtSi2. The van der Waals surface area contributed by atoms with E-state index < -0.39 is 32.7 Å². The van der Waals surface area contributed by atoms with E-state index in [4.69, 9.17) is 8.85 Å². The Morgan fingerprint density at radius 2 is 1.75 bits per heavy atom. The summed E-state index contributed by atoms with van der Waals surface area (Å²) in [5.41, 5.74) is 1.64. The van der Waals surface area contributed by atoms with Crippen molar-refractivity contribution < 1.29 is 24.9 Å². The fourth-order valence-corrected chi connectivity index (χ4v) is 15.5. The summed E-state index contributed by atoms with van der Waals surface area (Å²) in [5, 5.41) is 9.41. The van der Waals surface area contributed by atoms with Crippen LogP contribution in [0.5, 0.6) is 0 Å². The van der Waals surface area contributed by atoms with Crippen LogP contribution in [0.4, 0.5) is 0 Å². The normalized spacial score (nSPS) is 17.2. The van der Waals surface area contributed by atoms with Gasteiger partial charge in [-0.25, -0.2) is 0 Å². The summed E-state index contributed by atoms with van der Waals surface area (Å²) < 4.78 is 13.1. The third kappa shape index (κ3) is 5.63. The van der Waals surface area contributed by atoms with E-state index in [0.717, 1.165) is 6.04 Å². The average Bonchev–Trinajstić information content (AvgIpc) is 2.92. The summed E-state index contributed by atoms with van der Waals surface area (Å²) in [4.78, 5) is 0. The maximum atomic E-state index is 5.65. The van der Waals surface area contributed by atoms with E-state index in [-0.39, 0.29) is 0 Å². The summed E-state index contributed by atoms with van der Waals surface area (Å²) in [6.07, 6.45) is 8.24. The Hall–Kier alpha value is 0.262. The average molecular weight is 550 g/mol. The number of rotatable bonds is 10. The quantitative estimate of drug-likeness (QED) is 0.230. The predicted molar refractivity (Wildman–Crippen MR) is 109 cm³/mol. The van der Waals surface area contributed by atoms with Crippen molar-refractivity contribution in [2.75, 3.05) is 14.2 Å². The van der Waals surface area contributed by atoms with Crippen LogP contribution in [-0.2, 0) is 24.9 Å². The molecule has 1 aliphatic carbocycles. The summed E-state index contributed by atoms with van der Waals surface area (Å²) in [6.45, 7) is 11.2. The fourth-order valence-electron chi connectivity index (χ4n) is 3.36. The van der Waals surface area contributed by atoms with E-state index in [9.17, 15) is 0 Å². The van der Waals surface area contributed by atoms with Crippen LogP contribution < -0.4 is 0 Å². The summed E-state index contributed by atoms with van der Waals surface area (Å²) in [7, 11) is 0.211. The van der Waals surface area contributed by atoms with Crippen LogP contribution in [0, 0.1) is 0 Å². The van der Waals surface area contributed by atoms with Crippen LogP contribution in [0.3, 0.4) is 0 Å². The first-order valence-corrected chi connectivity index (χ1v) is 22.2. The zero-order valence-electron chi connectivity index (χ0n) is 17.0. The number of hydrogen-bond donors (Lipinski definition) is 0. The zero-order chi connectivity index (χ0) is 18.6. The molecule has 0 aliphatic heterocycles. The first kappa shape index (κ1) is 22.3. The van der Waals surface area contributed by atoms with Crippen LogP contribution in [0.2, 0.25) is 47.7 Å². The standard InChI is InChI=1S/C16H29O2Si2.3CH3.Pt/c1-7-13-19(4,5)16-12-8-10-15(16)11-9-14-20(6,17-2)18-3;;;;/h7,10H,1,8-9,11,13-14H2,2-6H3;3*1H3;. The van der Waals surface area contributed by atoms with E-state index in [0.29, 0.717) is 0 Å². The molecule has 1 rings (SSSR count). The van der Waals surface area contributed by atoms with Gasteiger partial charge >= 0.3 is 156 Å². The Labute approximate surface area is 155 Å². The van der Waals surface area contributed by atoms with Gasteiger partial charge in [0, 0.05) is 0 Å². The van der Waals surface area contributed by atoms with Gasteiger partial charge in [0.05, 0.1) is 0 Å². The van der Waals surface area contributed by atoms with Gasteiger partial charge in [-0.05, 0) is 0 Å². The van der Waals surface area contributed by atoms with Gasteiger partial charge in [0.25, 0.3) is 0 Å². The Bertz CT molecular complexity index is 512. The molecule has 0 fully saturated rings. The molecule has 0 saturated carbocycles. The molecule has 0 saturated heterocycles. The molecule has 24 heavy (non-hydrogen) atoms. The van der Waals surface area contributed by atoms with Crippen molar-refractivity contribution in [2.45, 2.75) is 66.9 Å². The van der Waals surface area contributed by atoms with E-state index in [2.05, 4.69) is 54.3 Å². The van der Waals surface area contributed by atoms with Gasteiger partial charge in [-0.2, -0.15) is 0 Å². The van der Waals surface area contributed by atoms with Crippen molar-refractivity contribution >= 4 is 16.6 Å². The van der Waals surface area contributed by atoms with E-state index in [1.165, 1.54) is 25.3 Å². The van der Waals surface area contributed by atoms with Gasteiger partial charge in [0.2, 0.25) is 0 Å². The SMILES string of the molecule is C=CC[Si](C)(C)C1=[C]([Pt]([CH3])([CH3])[CH3])CC=C1CCC[Si](C)(OC)OC. The van der Waals surface area contributed by atoms with Gasteiger partial charge < -0.3 is 0 Å². The Balaban J connectivity index is 2.98. The van der Waals surface area contributed by atoms with Gasteiger partial charge in [0.1, 0.15) is 0 Å². The number of hydrogen-bond acceptors (Lipinski definition) is 2. The molecule has 0 atom stereocenters. The maximum absolute atomic E-state index is 5.65. The van der Waals surface area contributed by atoms with Gasteiger partial charge in [-0.1, -0.05) is 0 Å². The molecule has 144 valence electrons. The second-order valence-electron chi connectivity index (χ2n) is 7.87. The molecule has 0 unspecified atom stereocenters. The van der Waals surface area contributed by atoms with Crippen molar-refractivity contribution in [2.24, 2.45) is 0 Å². The third-order valence-corrected chi connectivity index (χ3v) is 16.9. The minimum atomic E-state index is -1.94. The van der Waals surface area contributed by atoms with Crippen molar-refractivity contribution in [3.63, 3.8) is 0 Å². The van der Waals surface area contributed by atoms with Crippen LogP contribution in [0.1, 0.15) is 19.3 Å². The molecule has 0 bridgehead atoms. The molecule has 2 nitrogen and oxygen atoms in total.